The first-order chi connectivity index (χ1) is 15.4. The zero-order chi connectivity index (χ0) is 24.2. The van der Waals surface area contributed by atoms with Crippen LogP contribution < -0.4 is 15.5 Å². The molecule has 0 aliphatic carbocycles. The fraction of sp³-hybridized carbons (Fsp3) is 0.111. The van der Waals surface area contributed by atoms with E-state index in [-0.39, 0.29) is 22.9 Å². The van der Waals surface area contributed by atoms with E-state index in [0.717, 1.165) is 18.2 Å². The van der Waals surface area contributed by atoms with Crippen molar-refractivity contribution in [2.45, 2.75) is 12.5 Å². The summed E-state index contributed by atoms with van der Waals surface area (Å²) in [6, 6.07) is 6.95. The Bertz CT molecular complexity index is 1150. The molecule has 33 heavy (non-hydrogen) atoms. The van der Waals surface area contributed by atoms with E-state index in [4.69, 9.17) is 11.6 Å². The first kappa shape index (κ1) is 24.0. The van der Waals surface area contributed by atoms with Gasteiger partial charge in [-0.05, 0) is 59.6 Å². The van der Waals surface area contributed by atoms with Gasteiger partial charge in [-0.15, -0.1) is 13.2 Å². The fourth-order valence-electron chi connectivity index (χ4n) is 2.33. The molecule has 7 nitrogen and oxygen atoms in total. The Labute approximate surface area is 185 Å². The second-order valence-electron chi connectivity index (χ2n) is 6.06. The van der Waals surface area contributed by atoms with Crippen molar-refractivity contribution in [1.82, 2.24) is 15.0 Å². The monoisotopic (exact) mass is 494 g/mol. The van der Waals surface area contributed by atoms with Gasteiger partial charge < -0.3 is 10.1 Å². The predicted octanol–water partition coefficient (Wildman–Crippen LogP) is 5.77. The predicted molar refractivity (Wildman–Crippen MR) is 104 cm³/mol. The van der Waals surface area contributed by atoms with Crippen LogP contribution in [0.25, 0.3) is 0 Å². The number of rotatable bonds is 6. The Balaban J connectivity index is 1.70. The number of nitrogens with zero attached hydrogens (tertiary/aromatic N) is 4. The molecule has 174 valence electrons. The molecule has 0 saturated carbocycles. The number of aromatic nitrogens is 3. The van der Waals surface area contributed by atoms with Crippen LogP contribution in [-0.2, 0) is 6.18 Å². The quantitative estimate of drug-likeness (QED) is 0.257. The van der Waals surface area contributed by atoms with E-state index >= 15 is 0 Å². The van der Waals surface area contributed by atoms with Gasteiger partial charge >= 0.3 is 12.5 Å². The molecule has 0 radical (unpaired) electrons. The molecule has 2 aromatic carbocycles. The van der Waals surface area contributed by atoms with Gasteiger partial charge in [-0.2, -0.15) is 33.2 Å². The third-order valence-corrected chi connectivity index (χ3v) is 3.80. The van der Waals surface area contributed by atoms with Crippen molar-refractivity contribution in [3.05, 3.63) is 64.7 Å². The second kappa shape index (κ2) is 9.44. The van der Waals surface area contributed by atoms with E-state index in [9.17, 15) is 30.7 Å². The van der Waals surface area contributed by atoms with E-state index in [2.05, 4.69) is 35.5 Å². The SMILES string of the molecule is Fc1ccc(Nc2nc(Cl)nc(N/N=C/c3ccc(OC(F)(F)F)cc3)n2)cc1C(F)(F)F. The summed E-state index contributed by atoms with van der Waals surface area (Å²) in [6.45, 7) is 0. The molecule has 0 atom stereocenters. The Morgan fingerprint density at radius 3 is 2.21 bits per heavy atom. The first-order valence-electron chi connectivity index (χ1n) is 8.59. The van der Waals surface area contributed by atoms with Crippen molar-refractivity contribution in [3.8, 4) is 5.75 Å². The maximum atomic E-state index is 13.4. The smallest absolute Gasteiger partial charge is 0.406 e. The summed E-state index contributed by atoms with van der Waals surface area (Å²) < 4.78 is 92.2. The lowest BCUT2D eigenvalue weighted by Crippen LogP contribution is -2.17. The third-order valence-electron chi connectivity index (χ3n) is 3.63. The Kier molecular flexibility index (Phi) is 6.86. The van der Waals surface area contributed by atoms with Crippen molar-refractivity contribution in [3.63, 3.8) is 0 Å². The molecule has 0 bridgehead atoms. The van der Waals surface area contributed by atoms with E-state index < -0.39 is 29.7 Å². The average molecular weight is 495 g/mol. The maximum Gasteiger partial charge on any atom is 0.573 e. The van der Waals surface area contributed by atoms with Gasteiger partial charge in [-0.1, -0.05) is 0 Å². The van der Waals surface area contributed by atoms with Crippen LogP contribution in [0.3, 0.4) is 0 Å². The number of hydrazone groups is 1. The average Bonchev–Trinajstić information content (AvgIpc) is 2.68. The summed E-state index contributed by atoms with van der Waals surface area (Å²) in [6.07, 6.45) is -8.50. The molecule has 0 aliphatic rings. The molecule has 0 aliphatic heterocycles. The van der Waals surface area contributed by atoms with Crippen molar-refractivity contribution < 1.29 is 35.5 Å². The molecule has 0 spiro atoms. The maximum absolute atomic E-state index is 13.4. The molecule has 3 rings (SSSR count). The summed E-state index contributed by atoms with van der Waals surface area (Å²) >= 11 is 5.77. The second-order valence-corrected chi connectivity index (χ2v) is 6.39. The zero-order valence-electron chi connectivity index (χ0n) is 15.8. The Morgan fingerprint density at radius 1 is 0.909 bits per heavy atom. The van der Waals surface area contributed by atoms with Crippen molar-refractivity contribution in [2.75, 3.05) is 10.7 Å². The minimum Gasteiger partial charge on any atom is -0.406 e. The van der Waals surface area contributed by atoms with E-state index in [1.54, 1.807) is 0 Å². The molecule has 0 fully saturated rings. The lowest BCUT2D eigenvalue weighted by molar-refractivity contribution is -0.274. The summed E-state index contributed by atoms with van der Waals surface area (Å²) in [4.78, 5) is 11.3. The molecule has 1 heterocycles. The first-order valence-corrected chi connectivity index (χ1v) is 8.97. The Hall–Kier alpha value is -3.68. The van der Waals surface area contributed by atoms with Crippen LogP contribution in [0.5, 0.6) is 5.75 Å². The molecule has 1 aromatic heterocycles. The van der Waals surface area contributed by atoms with Crippen molar-refractivity contribution in [1.29, 1.82) is 0 Å². The van der Waals surface area contributed by atoms with Crippen molar-refractivity contribution >= 4 is 35.4 Å². The number of alkyl halides is 6. The Morgan fingerprint density at radius 2 is 1.58 bits per heavy atom. The van der Waals surface area contributed by atoms with E-state index in [1.165, 1.54) is 18.3 Å². The molecular formula is C18H10ClF7N6O. The topological polar surface area (TPSA) is 84.3 Å². The molecular weight excluding hydrogens is 485 g/mol. The highest BCUT2D eigenvalue weighted by molar-refractivity contribution is 6.28. The highest BCUT2D eigenvalue weighted by atomic mass is 35.5. The molecule has 0 amide bonds. The van der Waals surface area contributed by atoms with Crippen LogP contribution in [0.4, 0.5) is 48.3 Å². The van der Waals surface area contributed by atoms with Crippen LogP contribution in [0.15, 0.2) is 47.6 Å². The number of nitrogens with one attached hydrogen (secondary N) is 2. The standard InChI is InChI=1S/C18H10ClF7N6O/c19-14-29-15(28-10-3-6-13(20)12(7-10)17(21,22)23)31-16(30-14)32-27-8-9-1-4-11(5-2-9)33-18(24,25)26/h1-8H,(H2,28,29,30,31,32)/b27-8+. The summed E-state index contributed by atoms with van der Waals surface area (Å²) in [7, 11) is 0. The summed E-state index contributed by atoms with van der Waals surface area (Å²) in [5.41, 5.74) is 1.13. The molecule has 3 aromatic rings. The number of anilines is 3. The lowest BCUT2D eigenvalue weighted by atomic mass is 10.2. The highest BCUT2D eigenvalue weighted by Gasteiger charge is 2.34. The van der Waals surface area contributed by atoms with Crippen molar-refractivity contribution in [2.24, 2.45) is 5.10 Å². The normalized spacial score (nSPS) is 12.1. The van der Waals surface area contributed by atoms with Gasteiger partial charge in [0.1, 0.15) is 11.6 Å². The summed E-state index contributed by atoms with van der Waals surface area (Å²) in [5.74, 6) is -2.33. The van der Waals surface area contributed by atoms with Gasteiger partial charge in [0.2, 0.25) is 17.2 Å². The van der Waals surface area contributed by atoms with E-state index in [0.29, 0.717) is 17.7 Å². The number of halogens is 8. The van der Waals surface area contributed by atoms with E-state index in [1.807, 2.05) is 0 Å². The largest absolute Gasteiger partial charge is 0.573 e. The molecule has 0 saturated heterocycles. The zero-order valence-corrected chi connectivity index (χ0v) is 16.6. The van der Waals surface area contributed by atoms with Gasteiger partial charge in [0, 0.05) is 5.69 Å². The van der Waals surface area contributed by atoms with Crippen LogP contribution in [0.1, 0.15) is 11.1 Å². The summed E-state index contributed by atoms with van der Waals surface area (Å²) in [5, 5.41) is 5.90. The van der Waals surface area contributed by atoms with Crippen LogP contribution >= 0.6 is 11.6 Å². The van der Waals surface area contributed by atoms with Gasteiger partial charge in [-0.3, -0.25) is 0 Å². The highest BCUT2D eigenvalue weighted by Crippen LogP contribution is 2.33. The minimum absolute atomic E-state index is 0.165. The number of hydrogen-bond acceptors (Lipinski definition) is 7. The molecule has 0 unspecified atom stereocenters. The van der Waals surface area contributed by atoms with Gasteiger partial charge in [0.05, 0.1) is 11.8 Å². The number of ether oxygens (including phenoxy) is 1. The van der Waals surface area contributed by atoms with Gasteiger partial charge in [0.25, 0.3) is 0 Å². The van der Waals surface area contributed by atoms with Crippen LogP contribution in [-0.4, -0.2) is 27.5 Å². The third kappa shape index (κ3) is 7.17. The molecule has 2 N–H and O–H groups in total. The minimum atomic E-state index is -4.91. The lowest BCUT2D eigenvalue weighted by Gasteiger charge is -2.11. The van der Waals surface area contributed by atoms with Gasteiger partial charge in [0.15, 0.2) is 0 Å². The molecule has 15 heteroatoms. The number of hydrogen-bond donors (Lipinski definition) is 2. The van der Waals surface area contributed by atoms with Crippen LogP contribution in [0.2, 0.25) is 5.28 Å². The van der Waals surface area contributed by atoms with Gasteiger partial charge in [-0.25, -0.2) is 9.82 Å². The van der Waals surface area contributed by atoms with Crippen LogP contribution in [0, 0.1) is 5.82 Å². The number of benzene rings is 2. The fourth-order valence-corrected chi connectivity index (χ4v) is 2.49.